The zero-order valence-corrected chi connectivity index (χ0v) is 7.96. The summed E-state index contributed by atoms with van der Waals surface area (Å²) in [6.07, 6.45) is 0.792. The van der Waals surface area contributed by atoms with Crippen LogP contribution in [0.4, 0.5) is 0 Å². The average Bonchev–Trinajstić information content (AvgIpc) is 2.18. The molecule has 0 aromatic heterocycles. The van der Waals surface area contributed by atoms with Gasteiger partial charge >= 0.3 is 0 Å². The highest BCUT2D eigenvalue weighted by molar-refractivity contribution is 6.37. The summed E-state index contributed by atoms with van der Waals surface area (Å²) in [6.45, 7) is 0. The topological polar surface area (TPSA) is 35.5 Å². The third kappa shape index (κ3) is 1.83. The Kier molecular flexibility index (Phi) is 2.95. The lowest BCUT2D eigenvalue weighted by atomic mass is 9.90. The van der Waals surface area contributed by atoms with E-state index in [0.717, 1.165) is 11.7 Å². The van der Waals surface area contributed by atoms with Gasteiger partial charge in [0.25, 0.3) is 0 Å². The minimum atomic E-state index is 0.594. The number of hydrogen-bond donors (Lipinski definition) is 0. The summed E-state index contributed by atoms with van der Waals surface area (Å²) in [4.78, 5) is 10.7. The Morgan fingerprint density at radius 1 is 1.31 bits per heavy atom. The molecular formula is C9H11BO3. The van der Waals surface area contributed by atoms with Gasteiger partial charge in [-0.2, -0.15) is 0 Å². The normalized spacial score (nSPS) is 9.38. The third-order valence-electron chi connectivity index (χ3n) is 1.96. The minimum Gasteiger partial charge on any atom is -0.497 e. The molecule has 0 aliphatic rings. The number of aldehydes is 1. The quantitative estimate of drug-likeness (QED) is 0.473. The van der Waals surface area contributed by atoms with Crippen molar-refractivity contribution in [2.75, 3.05) is 14.2 Å². The van der Waals surface area contributed by atoms with Crippen LogP contribution < -0.4 is 14.9 Å². The van der Waals surface area contributed by atoms with E-state index in [1.54, 1.807) is 26.4 Å². The van der Waals surface area contributed by atoms with Crippen LogP contribution >= 0.6 is 0 Å². The molecule has 4 heteroatoms. The Labute approximate surface area is 78.1 Å². The molecule has 0 amide bonds. The molecule has 0 atom stereocenters. The molecule has 1 aromatic carbocycles. The Bertz CT molecular complexity index is 323. The van der Waals surface area contributed by atoms with Crippen LogP contribution in [0.3, 0.4) is 0 Å². The van der Waals surface area contributed by atoms with Crippen LogP contribution in [0.15, 0.2) is 12.1 Å². The van der Waals surface area contributed by atoms with Crippen molar-refractivity contribution < 1.29 is 14.3 Å². The van der Waals surface area contributed by atoms with Crippen LogP contribution in [-0.2, 0) is 0 Å². The van der Waals surface area contributed by atoms with E-state index < -0.39 is 0 Å². The molecule has 1 aromatic rings. The van der Waals surface area contributed by atoms with E-state index in [0.29, 0.717) is 17.1 Å². The Morgan fingerprint density at radius 2 is 2.00 bits per heavy atom. The number of carbonyl (C=O) groups is 1. The predicted octanol–water partition coefficient (Wildman–Crippen LogP) is -0.225. The zero-order chi connectivity index (χ0) is 9.84. The van der Waals surface area contributed by atoms with Crippen LogP contribution in [-0.4, -0.2) is 28.4 Å². The molecule has 0 unspecified atom stereocenters. The Balaban J connectivity index is 3.28. The summed E-state index contributed by atoms with van der Waals surface area (Å²) < 4.78 is 10.1. The van der Waals surface area contributed by atoms with Crippen molar-refractivity contribution in [3.8, 4) is 11.5 Å². The molecule has 0 heterocycles. The second kappa shape index (κ2) is 3.98. The van der Waals surface area contributed by atoms with Crippen LogP contribution in [0, 0.1) is 0 Å². The molecule has 0 bridgehead atoms. The first-order chi connectivity index (χ1) is 6.22. The Hall–Kier alpha value is -1.45. The van der Waals surface area contributed by atoms with E-state index >= 15 is 0 Å². The van der Waals surface area contributed by atoms with Gasteiger partial charge < -0.3 is 9.47 Å². The zero-order valence-electron chi connectivity index (χ0n) is 7.96. The lowest BCUT2D eigenvalue weighted by molar-refractivity contribution is 0.112. The maximum atomic E-state index is 10.7. The minimum absolute atomic E-state index is 0.594. The monoisotopic (exact) mass is 178 g/mol. The number of benzene rings is 1. The van der Waals surface area contributed by atoms with Gasteiger partial charge in [0.1, 0.15) is 25.6 Å². The summed E-state index contributed by atoms with van der Waals surface area (Å²) in [6, 6.07) is 3.44. The summed E-state index contributed by atoms with van der Waals surface area (Å²) in [7, 11) is 4.96. The summed E-state index contributed by atoms with van der Waals surface area (Å²) in [5, 5.41) is 0. The van der Waals surface area contributed by atoms with Crippen LogP contribution in [0.25, 0.3) is 0 Å². The molecule has 0 N–H and O–H groups in total. The summed E-state index contributed by atoms with van der Waals surface area (Å²) >= 11 is 0. The van der Waals surface area contributed by atoms with Crippen LogP contribution in [0.2, 0.25) is 0 Å². The van der Waals surface area contributed by atoms with E-state index in [1.807, 2.05) is 7.85 Å². The third-order valence-corrected chi connectivity index (χ3v) is 1.96. The van der Waals surface area contributed by atoms with Gasteiger partial charge in [-0.3, -0.25) is 4.79 Å². The first-order valence-electron chi connectivity index (χ1n) is 3.90. The van der Waals surface area contributed by atoms with Crippen molar-refractivity contribution in [2.45, 2.75) is 0 Å². The SMILES string of the molecule is Bc1c(C=O)cc(OC)cc1OC. The second-order valence-electron chi connectivity index (χ2n) is 2.66. The fourth-order valence-corrected chi connectivity index (χ4v) is 1.14. The molecule has 1 rings (SSSR count). The van der Waals surface area contributed by atoms with Gasteiger partial charge in [0.15, 0.2) is 0 Å². The lowest BCUT2D eigenvalue weighted by Gasteiger charge is -2.09. The molecule has 0 aliphatic heterocycles. The highest BCUT2D eigenvalue weighted by Gasteiger charge is 2.06. The molecule has 13 heavy (non-hydrogen) atoms. The highest BCUT2D eigenvalue weighted by Crippen LogP contribution is 2.18. The van der Waals surface area contributed by atoms with Gasteiger partial charge in [0.2, 0.25) is 0 Å². The first kappa shape index (κ1) is 9.64. The second-order valence-corrected chi connectivity index (χ2v) is 2.66. The molecule has 0 saturated carbocycles. The molecule has 0 spiro atoms. The van der Waals surface area contributed by atoms with Crippen LogP contribution in [0.1, 0.15) is 10.4 Å². The number of hydrogen-bond acceptors (Lipinski definition) is 3. The number of carbonyl (C=O) groups excluding carboxylic acids is 1. The number of ether oxygens (including phenoxy) is 2. The molecule has 0 aliphatic carbocycles. The average molecular weight is 178 g/mol. The standard InChI is InChI=1S/C9H11BO3/c1-12-7-3-6(5-11)9(10)8(4-7)13-2/h3-5H,10H2,1-2H3. The van der Waals surface area contributed by atoms with Gasteiger partial charge in [-0.05, 0) is 11.5 Å². The van der Waals surface area contributed by atoms with Crippen molar-refractivity contribution in [2.24, 2.45) is 0 Å². The van der Waals surface area contributed by atoms with E-state index in [9.17, 15) is 4.79 Å². The smallest absolute Gasteiger partial charge is 0.149 e. The molecule has 0 radical (unpaired) electrons. The van der Waals surface area contributed by atoms with Gasteiger partial charge in [-0.1, -0.05) is 0 Å². The van der Waals surface area contributed by atoms with E-state index in [1.165, 1.54) is 0 Å². The summed E-state index contributed by atoms with van der Waals surface area (Å²) in [5.41, 5.74) is 1.43. The maximum Gasteiger partial charge on any atom is 0.149 e. The van der Waals surface area contributed by atoms with Gasteiger partial charge in [0.05, 0.1) is 14.2 Å². The van der Waals surface area contributed by atoms with Crippen LogP contribution in [0.5, 0.6) is 11.5 Å². The molecule has 3 nitrogen and oxygen atoms in total. The molecular weight excluding hydrogens is 167 g/mol. The van der Waals surface area contributed by atoms with Gasteiger partial charge in [0, 0.05) is 11.6 Å². The van der Waals surface area contributed by atoms with Crippen molar-refractivity contribution in [1.82, 2.24) is 0 Å². The maximum absolute atomic E-state index is 10.7. The van der Waals surface area contributed by atoms with Crippen molar-refractivity contribution >= 4 is 19.6 Å². The predicted molar refractivity (Wildman–Crippen MR) is 53.1 cm³/mol. The van der Waals surface area contributed by atoms with Crippen molar-refractivity contribution in [3.05, 3.63) is 17.7 Å². The number of rotatable bonds is 3. The fraction of sp³-hybridized carbons (Fsp3) is 0.222. The molecule has 0 fully saturated rings. The largest absolute Gasteiger partial charge is 0.497 e. The Morgan fingerprint density at radius 3 is 2.46 bits per heavy atom. The lowest BCUT2D eigenvalue weighted by Crippen LogP contribution is -2.13. The number of methoxy groups -OCH3 is 2. The molecule has 68 valence electrons. The van der Waals surface area contributed by atoms with E-state index in [2.05, 4.69) is 0 Å². The summed E-state index contributed by atoms with van der Waals surface area (Å²) in [5.74, 6) is 1.30. The highest BCUT2D eigenvalue weighted by atomic mass is 16.5. The molecule has 0 saturated heterocycles. The van der Waals surface area contributed by atoms with E-state index in [-0.39, 0.29) is 0 Å². The van der Waals surface area contributed by atoms with Gasteiger partial charge in [-0.15, -0.1) is 0 Å². The van der Waals surface area contributed by atoms with E-state index in [4.69, 9.17) is 9.47 Å². The first-order valence-corrected chi connectivity index (χ1v) is 3.90. The fourth-order valence-electron chi connectivity index (χ4n) is 1.14. The van der Waals surface area contributed by atoms with Crippen molar-refractivity contribution in [1.29, 1.82) is 0 Å². The van der Waals surface area contributed by atoms with Gasteiger partial charge in [-0.25, -0.2) is 0 Å². The van der Waals surface area contributed by atoms with Crippen molar-refractivity contribution in [3.63, 3.8) is 0 Å².